The zero-order valence-corrected chi connectivity index (χ0v) is 19.1. The summed E-state index contributed by atoms with van der Waals surface area (Å²) in [5, 5.41) is 10.0. The van der Waals surface area contributed by atoms with E-state index in [1.165, 1.54) is 0 Å². The highest BCUT2D eigenvalue weighted by Gasteiger charge is 2.38. The molecular weight excluding hydrogens is 467 g/mol. The average Bonchev–Trinajstić information content (AvgIpc) is 2.77. The molecule has 2 rings (SSSR count). The number of amides is 2. The van der Waals surface area contributed by atoms with Gasteiger partial charge in [-0.1, -0.05) is 6.92 Å². The van der Waals surface area contributed by atoms with Gasteiger partial charge in [0.15, 0.2) is 0 Å². The summed E-state index contributed by atoms with van der Waals surface area (Å²) in [6.07, 6.45) is -2.61. The third kappa shape index (κ3) is 9.68. The molecule has 1 aliphatic rings. The van der Waals surface area contributed by atoms with E-state index < -0.39 is 22.2 Å². The van der Waals surface area contributed by atoms with Crippen LogP contribution in [0.15, 0.2) is 24.3 Å². The topological polar surface area (TPSA) is 133 Å². The number of alkyl halides is 3. The first-order valence-electron chi connectivity index (χ1n) is 10.3. The molecule has 1 aliphatic heterocycles. The Kier molecular flexibility index (Phi) is 10.6. The maximum Gasteiger partial charge on any atom is 0.490 e. The minimum Gasteiger partial charge on any atom is -0.475 e. The summed E-state index contributed by atoms with van der Waals surface area (Å²) >= 11 is 0. The van der Waals surface area contributed by atoms with Crippen molar-refractivity contribution in [3.8, 4) is 0 Å². The van der Waals surface area contributed by atoms with E-state index in [4.69, 9.17) is 9.90 Å². The second-order valence-electron chi connectivity index (χ2n) is 7.27. The molecule has 1 fully saturated rings. The number of likely N-dealkylation sites (tertiary alicyclic amines) is 1. The second-order valence-corrected chi connectivity index (χ2v) is 9.28. The van der Waals surface area contributed by atoms with Crippen LogP contribution < -0.4 is 10.0 Å². The largest absolute Gasteiger partial charge is 0.490 e. The van der Waals surface area contributed by atoms with Gasteiger partial charge in [-0.3, -0.25) is 14.3 Å². The number of piperidine rings is 1. The monoisotopic (exact) mass is 495 g/mol. The first-order valence-corrected chi connectivity index (χ1v) is 11.9. The number of hydrogen-bond acceptors (Lipinski definition) is 5. The number of carboxylic acid groups (broad SMARTS) is 1. The van der Waals surface area contributed by atoms with Gasteiger partial charge in [0.2, 0.25) is 15.9 Å². The predicted octanol–water partition coefficient (Wildman–Crippen LogP) is 2.46. The molecule has 0 aliphatic carbocycles. The molecule has 0 spiro atoms. The number of aliphatic carboxylic acids is 1. The van der Waals surface area contributed by atoms with Crippen LogP contribution in [0.3, 0.4) is 0 Å². The van der Waals surface area contributed by atoms with Gasteiger partial charge >= 0.3 is 12.1 Å². The van der Waals surface area contributed by atoms with Crippen LogP contribution in [0.5, 0.6) is 0 Å². The predicted molar refractivity (Wildman–Crippen MR) is 115 cm³/mol. The normalized spacial score (nSPS) is 16.3. The molecule has 0 aromatic heterocycles. The molecule has 2 amide bonds. The summed E-state index contributed by atoms with van der Waals surface area (Å²) in [5.74, 6) is -3.07. The van der Waals surface area contributed by atoms with Crippen molar-refractivity contribution in [2.24, 2.45) is 5.92 Å². The number of carbonyl (C=O) groups excluding carboxylic acids is 2. The highest BCUT2D eigenvalue weighted by Crippen LogP contribution is 2.20. The third-order valence-electron chi connectivity index (χ3n) is 4.66. The molecule has 33 heavy (non-hydrogen) atoms. The minimum absolute atomic E-state index is 0.00803. The first-order chi connectivity index (χ1) is 15.3. The van der Waals surface area contributed by atoms with E-state index in [1.807, 2.05) is 6.92 Å². The van der Waals surface area contributed by atoms with Crippen LogP contribution in [0.25, 0.3) is 0 Å². The smallest absolute Gasteiger partial charge is 0.475 e. The third-order valence-corrected chi connectivity index (χ3v) is 5.96. The number of rotatable bonds is 7. The number of benzene rings is 1. The first kappa shape index (κ1) is 28.2. The van der Waals surface area contributed by atoms with Crippen molar-refractivity contribution in [3.63, 3.8) is 0 Å². The van der Waals surface area contributed by atoms with Crippen LogP contribution in [0.1, 0.15) is 43.5 Å². The Balaban J connectivity index is 0.000000675. The summed E-state index contributed by atoms with van der Waals surface area (Å²) in [4.78, 5) is 35.4. The van der Waals surface area contributed by atoms with E-state index in [-0.39, 0.29) is 23.5 Å². The Morgan fingerprint density at radius 1 is 1.15 bits per heavy atom. The van der Waals surface area contributed by atoms with E-state index in [1.54, 1.807) is 36.1 Å². The molecule has 3 N–H and O–H groups in total. The Morgan fingerprint density at radius 3 is 2.21 bits per heavy atom. The van der Waals surface area contributed by atoms with Crippen molar-refractivity contribution in [1.29, 1.82) is 0 Å². The lowest BCUT2D eigenvalue weighted by molar-refractivity contribution is -0.192. The van der Waals surface area contributed by atoms with Crippen LogP contribution in [-0.2, 0) is 19.6 Å². The second kappa shape index (κ2) is 12.4. The fraction of sp³-hybridized carbons (Fsp3) is 0.550. The van der Waals surface area contributed by atoms with Crippen LogP contribution >= 0.6 is 0 Å². The van der Waals surface area contributed by atoms with Gasteiger partial charge in [-0.25, -0.2) is 13.2 Å². The highest BCUT2D eigenvalue weighted by atomic mass is 32.2. The fourth-order valence-corrected chi connectivity index (χ4v) is 3.52. The van der Waals surface area contributed by atoms with E-state index in [0.29, 0.717) is 30.9 Å². The van der Waals surface area contributed by atoms with E-state index in [0.717, 1.165) is 19.3 Å². The Hall–Kier alpha value is -2.83. The highest BCUT2D eigenvalue weighted by molar-refractivity contribution is 7.92. The number of halogens is 3. The quantitative estimate of drug-likeness (QED) is 0.532. The summed E-state index contributed by atoms with van der Waals surface area (Å²) in [5.41, 5.74) is 0.915. The lowest BCUT2D eigenvalue weighted by Gasteiger charge is -2.32. The maximum absolute atomic E-state index is 12.7. The van der Waals surface area contributed by atoms with Gasteiger partial charge in [0.1, 0.15) is 0 Å². The molecule has 0 saturated carbocycles. The number of carbonyl (C=O) groups is 3. The lowest BCUT2D eigenvalue weighted by atomic mass is 9.96. The molecule has 1 saturated heterocycles. The number of nitrogens with zero attached hydrogens (tertiary/aromatic N) is 1. The average molecular weight is 496 g/mol. The summed E-state index contributed by atoms with van der Waals surface area (Å²) < 4.78 is 57.4. The molecule has 1 unspecified atom stereocenters. The van der Waals surface area contributed by atoms with Gasteiger partial charge < -0.3 is 15.3 Å². The summed E-state index contributed by atoms with van der Waals surface area (Å²) in [6, 6.07) is 6.37. The zero-order valence-electron chi connectivity index (χ0n) is 18.3. The van der Waals surface area contributed by atoms with Gasteiger partial charge in [-0.2, -0.15) is 13.2 Å². The van der Waals surface area contributed by atoms with Crippen molar-refractivity contribution >= 4 is 33.5 Å². The van der Waals surface area contributed by atoms with E-state index in [2.05, 4.69) is 10.0 Å². The fourth-order valence-electron chi connectivity index (χ4n) is 2.88. The van der Waals surface area contributed by atoms with Gasteiger partial charge in [0.05, 0.1) is 11.7 Å². The van der Waals surface area contributed by atoms with Crippen molar-refractivity contribution < 1.29 is 41.1 Å². The van der Waals surface area contributed by atoms with E-state index in [9.17, 15) is 31.2 Å². The number of carboxylic acids is 1. The van der Waals surface area contributed by atoms with Gasteiger partial charge in [-0.05, 0) is 50.5 Å². The van der Waals surface area contributed by atoms with Crippen LogP contribution in [0.2, 0.25) is 0 Å². The molecule has 9 nitrogen and oxygen atoms in total. The molecule has 186 valence electrons. The van der Waals surface area contributed by atoms with Gasteiger partial charge in [-0.15, -0.1) is 0 Å². The minimum atomic E-state index is -5.08. The van der Waals surface area contributed by atoms with Gasteiger partial charge in [0.25, 0.3) is 5.91 Å². The molecule has 1 aromatic rings. The molecule has 0 bridgehead atoms. The molecule has 13 heteroatoms. The van der Waals surface area contributed by atoms with Gasteiger partial charge in [0, 0.05) is 30.9 Å². The Bertz CT molecular complexity index is 920. The standard InChI is InChI=1S/C18H27N3O4S.C2HF3O2/c1-3-11-19-17(22)15-6-5-12-21(13-15)18(23)14-7-9-16(10-8-14)20-26(24,25)4-2;3-2(4,5)1(6)7/h7-10,15,20H,3-6,11-13H2,1-2H3,(H,19,22);(H,6,7). The van der Waals surface area contributed by atoms with Crippen LogP contribution in [-0.4, -0.2) is 67.8 Å². The van der Waals surface area contributed by atoms with Crippen molar-refractivity contribution in [3.05, 3.63) is 29.8 Å². The number of anilines is 1. The van der Waals surface area contributed by atoms with Crippen molar-refractivity contribution in [2.45, 2.75) is 39.3 Å². The zero-order chi connectivity index (χ0) is 25.2. The Labute approximate surface area is 190 Å². The Morgan fingerprint density at radius 2 is 1.73 bits per heavy atom. The molecule has 1 heterocycles. The molecule has 0 radical (unpaired) electrons. The maximum atomic E-state index is 12.7. The molecule has 1 aromatic carbocycles. The van der Waals surface area contributed by atoms with Crippen molar-refractivity contribution in [2.75, 3.05) is 30.1 Å². The van der Waals surface area contributed by atoms with Crippen molar-refractivity contribution in [1.82, 2.24) is 10.2 Å². The van der Waals surface area contributed by atoms with E-state index >= 15 is 0 Å². The van der Waals surface area contributed by atoms with Crippen LogP contribution in [0, 0.1) is 5.92 Å². The molecular formula is C20H28F3N3O6S. The molecule has 1 atom stereocenters. The number of hydrogen-bond donors (Lipinski definition) is 3. The number of sulfonamides is 1. The lowest BCUT2D eigenvalue weighted by Crippen LogP contribution is -2.45. The number of nitrogens with one attached hydrogen (secondary N) is 2. The SMILES string of the molecule is CCCNC(=O)C1CCCN(C(=O)c2ccc(NS(=O)(=O)CC)cc2)C1.O=C(O)C(F)(F)F. The van der Waals surface area contributed by atoms with Crippen LogP contribution in [0.4, 0.5) is 18.9 Å². The summed E-state index contributed by atoms with van der Waals surface area (Å²) in [6.45, 7) is 5.25. The summed E-state index contributed by atoms with van der Waals surface area (Å²) in [7, 11) is -3.34.